The molecule has 0 aromatic carbocycles. The Morgan fingerprint density at radius 2 is 2.22 bits per heavy atom. The molecule has 1 atom stereocenters. The summed E-state index contributed by atoms with van der Waals surface area (Å²) in [4.78, 5) is 10.3. The van der Waals surface area contributed by atoms with E-state index in [0.717, 1.165) is 0 Å². The minimum atomic E-state index is -0.991. The molecule has 1 unspecified atom stereocenters. The van der Waals surface area contributed by atoms with Crippen LogP contribution in [0.3, 0.4) is 0 Å². The first-order chi connectivity index (χ1) is 3.68. The Labute approximate surface area is 97.2 Å². The van der Waals surface area contributed by atoms with Gasteiger partial charge in [-0.1, -0.05) is 0 Å². The molecule has 0 amide bonds. The third-order valence-electron chi connectivity index (χ3n) is 0.628. The van der Waals surface area contributed by atoms with Crippen LogP contribution in [0.2, 0.25) is 0 Å². The second-order valence-corrected chi connectivity index (χ2v) is 1.43. The molecular weight excluding hydrogens is 147 g/mol. The van der Waals surface area contributed by atoms with Gasteiger partial charge in [0, 0.05) is 0 Å². The summed E-state index contributed by atoms with van der Waals surface area (Å²) in [6.45, 7) is 3.39. The van der Waals surface area contributed by atoms with Gasteiger partial charge in [0.25, 0.3) is 0 Å². The maximum absolute atomic E-state index is 10.3. The number of carbonyl (C=O) groups is 1. The molecule has 0 rings (SSSR count). The van der Waals surface area contributed by atoms with Gasteiger partial charge in [-0.3, -0.25) is 0 Å². The second-order valence-electron chi connectivity index (χ2n) is 1.43. The Morgan fingerprint density at radius 3 is 2.33 bits per heavy atom. The standard InChI is InChI=1S/C5H10O3.K.H/c1-3-8-5(7)4(2)6;;/h4,6H,3H2,1-2H3;;. The molecule has 0 saturated heterocycles. The van der Waals surface area contributed by atoms with E-state index in [0.29, 0.717) is 6.61 Å². The first-order valence-corrected chi connectivity index (χ1v) is 2.53. The number of aliphatic hydroxyl groups is 1. The van der Waals surface area contributed by atoms with Crippen molar-refractivity contribution >= 4 is 57.4 Å². The summed E-state index contributed by atoms with van der Waals surface area (Å²) >= 11 is 0. The van der Waals surface area contributed by atoms with Crippen LogP contribution in [0.4, 0.5) is 0 Å². The summed E-state index contributed by atoms with van der Waals surface area (Å²) in [5.74, 6) is -0.562. The fourth-order valence-corrected chi connectivity index (χ4v) is 0.263. The molecule has 4 heteroatoms. The van der Waals surface area contributed by atoms with Crippen molar-refractivity contribution in [2.24, 2.45) is 0 Å². The molecular formula is C5H11KO3. The van der Waals surface area contributed by atoms with E-state index in [1.54, 1.807) is 6.92 Å². The van der Waals surface area contributed by atoms with Crippen molar-refractivity contribution in [2.75, 3.05) is 6.61 Å². The zero-order chi connectivity index (χ0) is 6.57. The molecule has 0 bridgehead atoms. The second kappa shape index (κ2) is 7.18. The fraction of sp³-hybridized carbons (Fsp3) is 0.800. The van der Waals surface area contributed by atoms with Crippen molar-refractivity contribution < 1.29 is 14.6 Å². The van der Waals surface area contributed by atoms with Gasteiger partial charge in [-0.15, -0.1) is 0 Å². The normalized spacial score (nSPS) is 11.4. The van der Waals surface area contributed by atoms with E-state index in [1.807, 2.05) is 0 Å². The SMILES string of the molecule is CCOC(=O)C(C)O.[KH]. The van der Waals surface area contributed by atoms with Crippen molar-refractivity contribution in [1.82, 2.24) is 0 Å². The van der Waals surface area contributed by atoms with Crippen molar-refractivity contribution in [2.45, 2.75) is 20.0 Å². The van der Waals surface area contributed by atoms with Crippen LogP contribution in [0.5, 0.6) is 0 Å². The average Bonchev–Trinajstić information content (AvgIpc) is 1.67. The van der Waals surface area contributed by atoms with Crippen LogP contribution in [0.15, 0.2) is 0 Å². The van der Waals surface area contributed by atoms with E-state index in [9.17, 15) is 4.79 Å². The summed E-state index contributed by atoms with van der Waals surface area (Å²) < 4.78 is 4.41. The van der Waals surface area contributed by atoms with E-state index < -0.39 is 12.1 Å². The molecule has 0 aromatic rings. The van der Waals surface area contributed by atoms with Gasteiger partial charge < -0.3 is 9.84 Å². The molecule has 0 aromatic heterocycles. The number of hydrogen-bond donors (Lipinski definition) is 1. The molecule has 0 saturated carbocycles. The van der Waals surface area contributed by atoms with Crippen LogP contribution in [-0.4, -0.2) is 75.2 Å². The van der Waals surface area contributed by atoms with Crippen molar-refractivity contribution in [3.8, 4) is 0 Å². The van der Waals surface area contributed by atoms with E-state index in [-0.39, 0.29) is 51.4 Å². The molecule has 50 valence electrons. The number of hydrogen-bond acceptors (Lipinski definition) is 3. The molecule has 9 heavy (non-hydrogen) atoms. The molecule has 0 aliphatic rings. The molecule has 0 radical (unpaired) electrons. The summed E-state index contributed by atoms with van der Waals surface area (Å²) in [5, 5.41) is 8.48. The summed E-state index contributed by atoms with van der Waals surface area (Å²) in [6.07, 6.45) is -0.991. The first-order valence-electron chi connectivity index (χ1n) is 2.53. The summed E-state index contributed by atoms with van der Waals surface area (Å²) in [6, 6.07) is 0. The Bertz CT molecular complexity index is 82.3. The van der Waals surface area contributed by atoms with Gasteiger partial charge >= 0.3 is 57.4 Å². The van der Waals surface area contributed by atoms with Crippen LogP contribution >= 0.6 is 0 Å². The van der Waals surface area contributed by atoms with Crippen LogP contribution in [-0.2, 0) is 9.53 Å². The Morgan fingerprint density at radius 1 is 1.78 bits per heavy atom. The maximum atomic E-state index is 10.3. The number of carbonyl (C=O) groups excluding carboxylic acids is 1. The molecule has 0 spiro atoms. The molecule has 3 nitrogen and oxygen atoms in total. The third kappa shape index (κ3) is 6.96. The monoisotopic (exact) mass is 158 g/mol. The van der Waals surface area contributed by atoms with Gasteiger partial charge in [0.1, 0.15) is 6.10 Å². The van der Waals surface area contributed by atoms with Gasteiger partial charge in [-0.05, 0) is 13.8 Å². The van der Waals surface area contributed by atoms with Crippen molar-refractivity contribution in [3.63, 3.8) is 0 Å². The van der Waals surface area contributed by atoms with Crippen molar-refractivity contribution in [1.29, 1.82) is 0 Å². The molecule has 0 aliphatic carbocycles. The van der Waals surface area contributed by atoms with Crippen LogP contribution in [0.25, 0.3) is 0 Å². The average molecular weight is 158 g/mol. The van der Waals surface area contributed by atoms with Gasteiger partial charge in [0.2, 0.25) is 0 Å². The Kier molecular flexibility index (Phi) is 10.1. The van der Waals surface area contributed by atoms with Gasteiger partial charge in [0.05, 0.1) is 6.61 Å². The summed E-state index contributed by atoms with van der Waals surface area (Å²) in [7, 11) is 0. The zero-order valence-electron chi connectivity index (χ0n) is 5.05. The molecule has 0 fully saturated rings. The van der Waals surface area contributed by atoms with Gasteiger partial charge in [-0.2, -0.15) is 0 Å². The number of aliphatic hydroxyl groups excluding tert-OH is 1. The van der Waals surface area contributed by atoms with Crippen LogP contribution in [0.1, 0.15) is 13.8 Å². The van der Waals surface area contributed by atoms with E-state index in [1.165, 1.54) is 6.92 Å². The van der Waals surface area contributed by atoms with Gasteiger partial charge in [0.15, 0.2) is 0 Å². The first kappa shape index (κ1) is 12.7. The summed E-state index contributed by atoms with van der Waals surface area (Å²) in [5.41, 5.74) is 0. The minimum absolute atomic E-state index is 0. The number of ether oxygens (including phenoxy) is 1. The van der Waals surface area contributed by atoms with E-state index in [2.05, 4.69) is 4.74 Å². The van der Waals surface area contributed by atoms with Crippen LogP contribution in [0, 0.1) is 0 Å². The Hall–Kier alpha value is 1.07. The number of rotatable bonds is 2. The Balaban J connectivity index is 0. The fourth-order valence-electron chi connectivity index (χ4n) is 0.263. The molecule has 0 heterocycles. The zero-order valence-corrected chi connectivity index (χ0v) is 5.05. The quantitative estimate of drug-likeness (QED) is 0.426. The molecule has 1 N–H and O–H groups in total. The predicted molar refractivity (Wildman–Crippen MR) is 35.5 cm³/mol. The van der Waals surface area contributed by atoms with Crippen molar-refractivity contribution in [3.05, 3.63) is 0 Å². The van der Waals surface area contributed by atoms with E-state index in [4.69, 9.17) is 5.11 Å². The van der Waals surface area contributed by atoms with Crippen LogP contribution < -0.4 is 0 Å². The third-order valence-corrected chi connectivity index (χ3v) is 0.628. The molecule has 0 aliphatic heterocycles. The topological polar surface area (TPSA) is 46.5 Å². The van der Waals surface area contributed by atoms with Gasteiger partial charge in [-0.25, -0.2) is 4.79 Å². The van der Waals surface area contributed by atoms with E-state index >= 15 is 0 Å². The predicted octanol–water partition coefficient (Wildman–Crippen LogP) is -0.718. The number of esters is 1.